The first kappa shape index (κ1) is 14.4. The fourth-order valence-electron chi connectivity index (χ4n) is 2.16. The molecule has 108 valence electrons. The highest BCUT2D eigenvalue weighted by Crippen LogP contribution is 2.28. The van der Waals surface area contributed by atoms with E-state index in [9.17, 15) is 0 Å². The van der Waals surface area contributed by atoms with Gasteiger partial charge < -0.3 is 4.57 Å². The number of benzene rings is 1. The van der Waals surface area contributed by atoms with E-state index in [0.29, 0.717) is 0 Å². The maximum Gasteiger partial charge on any atom is 0.191 e. The second kappa shape index (κ2) is 6.03. The van der Waals surface area contributed by atoms with Gasteiger partial charge in [0.1, 0.15) is 0 Å². The van der Waals surface area contributed by atoms with Gasteiger partial charge in [-0.25, -0.2) is 0 Å². The molecule has 0 bridgehead atoms. The van der Waals surface area contributed by atoms with Crippen LogP contribution in [0.3, 0.4) is 0 Å². The molecule has 3 nitrogen and oxygen atoms in total. The van der Waals surface area contributed by atoms with Crippen molar-refractivity contribution in [3.05, 3.63) is 52.4 Å². The lowest BCUT2D eigenvalue weighted by Gasteiger charge is -2.07. The third-order valence-electron chi connectivity index (χ3n) is 3.44. The van der Waals surface area contributed by atoms with Crippen LogP contribution in [-0.4, -0.2) is 14.8 Å². The van der Waals surface area contributed by atoms with Gasteiger partial charge in [0.25, 0.3) is 0 Å². The van der Waals surface area contributed by atoms with Crippen LogP contribution in [0, 0.1) is 13.8 Å². The van der Waals surface area contributed by atoms with Gasteiger partial charge in [-0.05, 0) is 36.4 Å². The summed E-state index contributed by atoms with van der Waals surface area (Å²) in [6, 6.07) is 10.7. The Morgan fingerprint density at radius 1 is 1.19 bits per heavy atom. The molecular weight excluding hydrogens is 298 g/mol. The van der Waals surface area contributed by atoms with E-state index in [-0.39, 0.29) is 0 Å². The van der Waals surface area contributed by atoms with Crippen LogP contribution in [-0.2, 0) is 12.8 Å². The molecule has 3 aromatic rings. The van der Waals surface area contributed by atoms with Gasteiger partial charge in [0.05, 0.1) is 4.88 Å². The predicted octanol–water partition coefficient (Wildman–Crippen LogP) is 4.45. The third-order valence-corrected chi connectivity index (χ3v) is 5.37. The summed E-state index contributed by atoms with van der Waals surface area (Å²) in [5, 5.41) is 11.7. The standard InChI is InChI=1S/C16H17N3S2/c1-11-6-7-12(2)13(9-11)10-21-16-18-17-15(19(16)3)14-5-4-8-20-14/h4-9H,10H2,1-3H3. The molecule has 0 aliphatic heterocycles. The molecule has 0 spiro atoms. The molecule has 0 saturated heterocycles. The number of nitrogens with zero attached hydrogens (tertiary/aromatic N) is 3. The second-order valence-electron chi connectivity index (χ2n) is 5.06. The lowest BCUT2D eigenvalue weighted by molar-refractivity contribution is 0.794. The Bertz CT molecular complexity index is 745. The molecule has 21 heavy (non-hydrogen) atoms. The van der Waals surface area contributed by atoms with Gasteiger partial charge in [0.15, 0.2) is 11.0 Å². The molecular formula is C16H17N3S2. The van der Waals surface area contributed by atoms with Crippen LogP contribution in [0.1, 0.15) is 16.7 Å². The quantitative estimate of drug-likeness (QED) is 0.666. The van der Waals surface area contributed by atoms with E-state index in [1.54, 1.807) is 23.1 Å². The zero-order chi connectivity index (χ0) is 14.8. The van der Waals surface area contributed by atoms with Crippen molar-refractivity contribution in [2.75, 3.05) is 0 Å². The number of thiophene rings is 1. The molecule has 0 aliphatic rings. The topological polar surface area (TPSA) is 30.7 Å². The molecule has 0 atom stereocenters. The highest BCUT2D eigenvalue weighted by atomic mass is 32.2. The molecule has 3 rings (SSSR count). The van der Waals surface area contributed by atoms with Crippen molar-refractivity contribution in [2.45, 2.75) is 24.8 Å². The number of rotatable bonds is 4. The van der Waals surface area contributed by atoms with Crippen LogP contribution in [0.4, 0.5) is 0 Å². The summed E-state index contributed by atoms with van der Waals surface area (Å²) in [5.74, 6) is 1.86. The minimum Gasteiger partial charge on any atom is -0.304 e. The first-order chi connectivity index (χ1) is 10.1. The minimum atomic E-state index is 0.921. The van der Waals surface area contributed by atoms with E-state index < -0.39 is 0 Å². The summed E-state index contributed by atoms with van der Waals surface area (Å²) in [4.78, 5) is 1.16. The molecule has 0 radical (unpaired) electrons. The van der Waals surface area contributed by atoms with Crippen molar-refractivity contribution in [3.63, 3.8) is 0 Å². The molecule has 5 heteroatoms. The lowest BCUT2D eigenvalue weighted by atomic mass is 10.1. The van der Waals surface area contributed by atoms with Gasteiger partial charge in [-0.1, -0.05) is 41.6 Å². The fraction of sp³-hybridized carbons (Fsp3) is 0.250. The van der Waals surface area contributed by atoms with Crippen LogP contribution in [0.5, 0.6) is 0 Å². The first-order valence-corrected chi connectivity index (χ1v) is 8.64. The van der Waals surface area contributed by atoms with E-state index in [1.807, 2.05) is 13.1 Å². The highest BCUT2D eigenvalue weighted by molar-refractivity contribution is 7.98. The van der Waals surface area contributed by atoms with Crippen LogP contribution >= 0.6 is 23.1 Å². The zero-order valence-electron chi connectivity index (χ0n) is 12.3. The molecule has 0 amide bonds. The van der Waals surface area contributed by atoms with Crippen molar-refractivity contribution in [1.82, 2.24) is 14.8 Å². The molecule has 0 saturated carbocycles. The van der Waals surface area contributed by atoms with E-state index >= 15 is 0 Å². The van der Waals surface area contributed by atoms with Crippen molar-refractivity contribution in [3.8, 4) is 10.7 Å². The normalized spacial score (nSPS) is 11.0. The van der Waals surface area contributed by atoms with Gasteiger partial charge in [-0.3, -0.25) is 0 Å². The fourth-order valence-corrected chi connectivity index (χ4v) is 3.88. The number of aromatic nitrogens is 3. The maximum absolute atomic E-state index is 4.32. The third kappa shape index (κ3) is 3.04. The summed E-state index contributed by atoms with van der Waals surface area (Å²) in [7, 11) is 2.03. The Hall–Kier alpha value is -1.59. The highest BCUT2D eigenvalue weighted by Gasteiger charge is 2.12. The summed E-state index contributed by atoms with van der Waals surface area (Å²) < 4.78 is 2.07. The van der Waals surface area contributed by atoms with Crippen LogP contribution < -0.4 is 0 Å². The summed E-state index contributed by atoms with van der Waals surface area (Å²) in [6.07, 6.45) is 0. The Balaban J connectivity index is 1.79. The number of aryl methyl sites for hydroxylation is 2. The maximum atomic E-state index is 4.32. The summed E-state index contributed by atoms with van der Waals surface area (Å²) in [6.45, 7) is 4.29. The zero-order valence-corrected chi connectivity index (χ0v) is 14.0. The Kier molecular flexibility index (Phi) is 4.12. The predicted molar refractivity (Wildman–Crippen MR) is 89.8 cm³/mol. The SMILES string of the molecule is Cc1ccc(C)c(CSc2nnc(-c3cccs3)n2C)c1. The van der Waals surface area contributed by atoms with E-state index in [2.05, 4.69) is 58.3 Å². The largest absolute Gasteiger partial charge is 0.304 e. The first-order valence-electron chi connectivity index (χ1n) is 6.77. The summed E-state index contributed by atoms with van der Waals surface area (Å²) >= 11 is 3.42. The second-order valence-corrected chi connectivity index (χ2v) is 6.95. The van der Waals surface area contributed by atoms with Gasteiger partial charge >= 0.3 is 0 Å². The van der Waals surface area contributed by atoms with Gasteiger partial charge in [0.2, 0.25) is 0 Å². The van der Waals surface area contributed by atoms with Crippen LogP contribution in [0.2, 0.25) is 0 Å². The average Bonchev–Trinajstić information content (AvgIpc) is 3.10. The molecule has 2 heterocycles. The Labute approximate surface area is 133 Å². The molecule has 0 N–H and O–H groups in total. The molecule has 0 unspecified atom stereocenters. The number of thioether (sulfide) groups is 1. The van der Waals surface area contributed by atoms with Gasteiger partial charge in [0, 0.05) is 12.8 Å². The van der Waals surface area contributed by atoms with Crippen molar-refractivity contribution in [2.24, 2.45) is 7.05 Å². The van der Waals surface area contributed by atoms with Crippen molar-refractivity contribution < 1.29 is 0 Å². The monoisotopic (exact) mass is 315 g/mol. The van der Waals surface area contributed by atoms with E-state index in [0.717, 1.165) is 21.6 Å². The summed E-state index contributed by atoms with van der Waals surface area (Å²) in [5.41, 5.74) is 3.99. The molecule has 0 aliphatic carbocycles. The minimum absolute atomic E-state index is 0.921. The number of hydrogen-bond donors (Lipinski definition) is 0. The van der Waals surface area contributed by atoms with E-state index in [4.69, 9.17) is 0 Å². The smallest absolute Gasteiger partial charge is 0.191 e. The average molecular weight is 315 g/mol. The number of hydrogen-bond acceptors (Lipinski definition) is 4. The van der Waals surface area contributed by atoms with Crippen LogP contribution in [0.25, 0.3) is 10.7 Å². The molecule has 1 aromatic carbocycles. The Morgan fingerprint density at radius 2 is 2.05 bits per heavy atom. The molecule has 2 aromatic heterocycles. The van der Waals surface area contributed by atoms with Crippen molar-refractivity contribution in [1.29, 1.82) is 0 Å². The Morgan fingerprint density at radius 3 is 2.81 bits per heavy atom. The van der Waals surface area contributed by atoms with Crippen molar-refractivity contribution >= 4 is 23.1 Å². The van der Waals surface area contributed by atoms with E-state index in [1.165, 1.54) is 16.7 Å². The van der Waals surface area contributed by atoms with Gasteiger partial charge in [-0.15, -0.1) is 21.5 Å². The molecule has 0 fully saturated rings. The lowest BCUT2D eigenvalue weighted by Crippen LogP contribution is -1.95. The van der Waals surface area contributed by atoms with Crippen LogP contribution in [0.15, 0.2) is 40.9 Å². The van der Waals surface area contributed by atoms with Gasteiger partial charge in [-0.2, -0.15) is 0 Å².